The molecular weight excluding hydrogens is 431 g/mol. The molecule has 0 unspecified atom stereocenters. The molecule has 0 aliphatic heterocycles. The van der Waals surface area contributed by atoms with E-state index < -0.39 is 0 Å². The highest BCUT2D eigenvalue weighted by atomic mass is 19.1. The van der Waals surface area contributed by atoms with Crippen molar-refractivity contribution in [1.82, 2.24) is 0 Å². The molecule has 0 N–H and O–H groups in total. The maximum Gasteiger partial charge on any atom is 0.165 e. The van der Waals surface area contributed by atoms with E-state index in [-0.39, 0.29) is 5.82 Å². The van der Waals surface area contributed by atoms with E-state index in [1.165, 1.54) is 103 Å². The van der Waals surface area contributed by atoms with Gasteiger partial charge in [0.05, 0.1) is 0 Å². The van der Waals surface area contributed by atoms with Crippen LogP contribution in [0, 0.1) is 35.4 Å². The van der Waals surface area contributed by atoms with Crippen molar-refractivity contribution in [3.8, 4) is 5.75 Å². The summed E-state index contributed by atoms with van der Waals surface area (Å²) < 4.78 is 20.5. The SMILES string of the molecule is CCCC1CCC(c2ccc(OCC=CC3CCC(C4CCC(CCC)CC4)CC3)c(F)c2)CC1. The molecule has 35 heavy (non-hydrogen) atoms. The van der Waals surface area contributed by atoms with Crippen molar-refractivity contribution < 1.29 is 9.13 Å². The van der Waals surface area contributed by atoms with Crippen LogP contribution in [-0.2, 0) is 0 Å². The van der Waals surface area contributed by atoms with Gasteiger partial charge in [-0.25, -0.2) is 4.39 Å². The Morgan fingerprint density at radius 1 is 0.771 bits per heavy atom. The molecule has 3 aliphatic carbocycles. The van der Waals surface area contributed by atoms with E-state index >= 15 is 0 Å². The van der Waals surface area contributed by atoms with Gasteiger partial charge in [0.15, 0.2) is 11.6 Å². The summed E-state index contributed by atoms with van der Waals surface area (Å²) in [6.07, 6.45) is 26.3. The highest BCUT2D eigenvalue weighted by Gasteiger charge is 2.30. The lowest BCUT2D eigenvalue weighted by atomic mass is 9.69. The first-order valence-electron chi connectivity index (χ1n) is 15.2. The van der Waals surface area contributed by atoms with Crippen molar-refractivity contribution >= 4 is 0 Å². The summed E-state index contributed by atoms with van der Waals surface area (Å²) in [6, 6.07) is 5.70. The predicted molar refractivity (Wildman–Crippen MR) is 146 cm³/mol. The van der Waals surface area contributed by atoms with Crippen LogP contribution in [0.25, 0.3) is 0 Å². The highest BCUT2D eigenvalue weighted by Crippen LogP contribution is 2.42. The third-order valence-corrected chi connectivity index (χ3v) is 9.79. The Morgan fingerprint density at radius 3 is 1.91 bits per heavy atom. The summed E-state index contributed by atoms with van der Waals surface area (Å²) in [6.45, 7) is 5.08. The van der Waals surface area contributed by atoms with Crippen LogP contribution in [0.15, 0.2) is 30.4 Å². The normalized spacial score (nSPS) is 32.1. The quantitative estimate of drug-likeness (QED) is 0.301. The average molecular weight is 483 g/mol. The largest absolute Gasteiger partial charge is 0.486 e. The Balaban J connectivity index is 1.15. The molecule has 3 saturated carbocycles. The minimum Gasteiger partial charge on any atom is -0.486 e. The van der Waals surface area contributed by atoms with Crippen LogP contribution >= 0.6 is 0 Å². The van der Waals surface area contributed by atoms with Crippen molar-refractivity contribution in [3.63, 3.8) is 0 Å². The van der Waals surface area contributed by atoms with Gasteiger partial charge in [0.2, 0.25) is 0 Å². The van der Waals surface area contributed by atoms with Crippen molar-refractivity contribution in [1.29, 1.82) is 0 Å². The fourth-order valence-electron chi connectivity index (χ4n) is 7.63. The van der Waals surface area contributed by atoms with Gasteiger partial charge in [0.25, 0.3) is 0 Å². The van der Waals surface area contributed by atoms with Crippen LogP contribution in [-0.4, -0.2) is 6.61 Å². The Morgan fingerprint density at radius 2 is 1.34 bits per heavy atom. The first-order chi connectivity index (χ1) is 17.2. The number of ether oxygens (including phenoxy) is 1. The summed E-state index contributed by atoms with van der Waals surface area (Å²) >= 11 is 0. The molecule has 0 atom stereocenters. The molecule has 0 heterocycles. The maximum absolute atomic E-state index is 14.7. The van der Waals surface area contributed by atoms with Gasteiger partial charge >= 0.3 is 0 Å². The molecule has 3 fully saturated rings. The summed E-state index contributed by atoms with van der Waals surface area (Å²) in [4.78, 5) is 0. The molecule has 1 nitrogen and oxygen atoms in total. The first kappa shape index (κ1) is 26.7. The molecule has 0 aromatic heterocycles. The standard InChI is InChI=1S/C33H51FO/c1-3-6-25-9-15-28(16-10-25)29-17-13-27(14-18-29)8-5-23-35-33-22-21-31(24-32(33)34)30-19-11-26(7-4-2)12-20-30/h5,8,21-22,24-30H,3-4,6-7,9-20,23H2,1-2H3. The number of halogens is 1. The fraction of sp³-hybridized carbons (Fsp3) is 0.758. The maximum atomic E-state index is 14.7. The highest BCUT2D eigenvalue weighted by molar-refractivity contribution is 5.31. The Labute approximate surface area is 215 Å². The van der Waals surface area contributed by atoms with E-state index in [4.69, 9.17) is 4.74 Å². The van der Waals surface area contributed by atoms with Crippen molar-refractivity contribution in [2.24, 2.45) is 29.6 Å². The molecule has 2 heteroatoms. The summed E-state index contributed by atoms with van der Waals surface area (Å²) in [5.41, 5.74) is 1.16. The van der Waals surface area contributed by atoms with Crippen LogP contribution < -0.4 is 4.74 Å². The number of allylic oxidation sites excluding steroid dienone is 1. The van der Waals surface area contributed by atoms with E-state index in [9.17, 15) is 4.39 Å². The van der Waals surface area contributed by atoms with Gasteiger partial charge in [-0.2, -0.15) is 0 Å². The topological polar surface area (TPSA) is 9.23 Å². The molecule has 0 bridgehead atoms. The van der Waals surface area contributed by atoms with Gasteiger partial charge in [-0.3, -0.25) is 0 Å². The van der Waals surface area contributed by atoms with Gasteiger partial charge in [0, 0.05) is 0 Å². The van der Waals surface area contributed by atoms with Gasteiger partial charge in [-0.15, -0.1) is 0 Å². The van der Waals surface area contributed by atoms with Gasteiger partial charge in [-0.1, -0.05) is 70.6 Å². The zero-order valence-corrected chi connectivity index (χ0v) is 22.7. The Bertz CT molecular complexity index is 761. The molecule has 1 aromatic carbocycles. The molecular formula is C33H51FO. The van der Waals surface area contributed by atoms with Crippen LogP contribution in [0.1, 0.15) is 128 Å². The van der Waals surface area contributed by atoms with Crippen LogP contribution in [0.4, 0.5) is 4.39 Å². The molecule has 1 aromatic rings. The number of hydrogen-bond acceptors (Lipinski definition) is 1. The molecule has 4 rings (SSSR count). The van der Waals surface area contributed by atoms with Crippen LogP contribution in [0.2, 0.25) is 0 Å². The third kappa shape index (κ3) is 7.83. The molecule has 0 saturated heterocycles. The van der Waals surface area contributed by atoms with Crippen molar-refractivity contribution in [3.05, 3.63) is 41.7 Å². The number of hydrogen-bond donors (Lipinski definition) is 0. The van der Waals surface area contributed by atoms with Crippen molar-refractivity contribution in [2.75, 3.05) is 6.61 Å². The lowest BCUT2D eigenvalue weighted by molar-refractivity contribution is 0.152. The molecule has 0 spiro atoms. The second-order valence-electron chi connectivity index (χ2n) is 12.2. The van der Waals surface area contributed by atoms with E-state index in [0.29, 0.717) is 24.2 Å². The lowest BCUT2D eigenvalue weighted by Crippen LogP contribution is -2.25. The minimum absolute atomic E-state index is 0.194. The van der Waals surface area contributed by atoms with E-state index in [2.05, 4.69) is 32.1 Å². The first-order valence-corrected chi connectivity index (χ1v) is 15.2. The second-order valence-corrected chi connectivity index (χ2v) is 12.2. The van der Waals surface area contributed by atoms with E-state index in [1.807, 2.05) is 6.07 Å². The molecule has 0 radical (unpaired) electrons. The van der Waals surface area contributed by atoms with Crippen LogP contribution in [0.5, 0.6) is 5.75 Å². The zero-order chi connectivity index (χ0) is 24.5. The number of rotatable bonds is 10. The average Bonchev–Trinajstić information content (AvgIpc) is 2.89. The summed E-state index contributed by atoms with van der Waals surface area (Å²) in [5, 5.41) is 0. The third-order valence-electron chi connectivity index (χ3n) is 9.79. The predicted octanol–water partition coefficient (Wildman–Crippen LogP) is 10.2. The number of benzene rings is 1. The fourth-order valence-corrected chi connectivity index (χ4v) is 7.63. The van der Waals surface area contributed by atoms with Gasteiger partial charge in [-0.05, 0) is 117 Å². The Kier molecular flexibility index (Phi) is 10.6. The lowest BCUT2D eigenvalue weighted by Gasteiger charge is -2.37. The summed E-state index contributed by atoms with van der Waals surface area (Å²) in [7, 11) is 0. The zero-order valence-electron chi connectivity index (χ0n) is 22.7. The van der Waals surface area contributed by atoms with Gasteiger partial charge in [0.1, 0.15) is 6.61 Å². The Hall–Kier alpha value is -1.31. The second kappa shape index (κ2) is 13.8. The minimum atomic E-state index is -0.194. The summed E-state index contributed by atoms with van der Waals surface area (Å²) in [5.74, 6) is 5.27. The molecule has 0 amide bonds. The molecule has 196 valence electrons. The van der Waals surface area contributed by atoms with Crippen LogP contribution in [0.3, 0.4) is 0 Å². The van der Waals surface area contributed by atoms with E-state index in [0.717, 1.165) is 29.2 Å². The van der Waals surface area contributed by atoms with Crippen molar-refractivity contribution in [2.45, 2.75) is 122 Å². The smallest absolute Gasteiger partial charge is 0.165 e. The molecule has 3 aliphatic rings. The monoisotopic (exact) mass is 482 g/mol. The van der Waals surface area contributed by atoms with E-state index in [1.54, 1.807) is 6.07 Å². The van der Waals surface area contributed by atoms with Gasteiger partial charge < -0.3 is 4.74 Å².